The summed E-state index contributed by atoms with van der Waals surface area (Å²) in [5.74, 6) is 0. The Morgan fingerprint density at radius 3 is 2.45 bits per heavy atom. The van der Waals surface area contributed by atoms with Crippen LogP contribution in [0.2, 0.25) is 0 Å². The fraction of sp³-hybridized carbons (Fsp3) is 0.600. The molecule has 60 valence electrons. The van der Waals surface area contributed by atoms with E-state index in [-0.39, 0.29) is 6.54 Å². The summed E-state index contributed by atoms with van der Waals surface area (Å²) in [7, 11) is -3.61. The molecule has 11 heavy (non-hydrogen) atoms. The minimum absolute atomic E-state index is 0.297. The molecule has 0 fully saturated rings. The number of sulfonamides is 1. The smallest absolute Gasteiger partial charge is 0.211 e. The molecular formula is C5H7N3O2S. The van der Waals surface area contributed by atoms with Crippen molar-refractivity contribution in [2.75, 3.05) is 6.54 Å². The number of nitrogens with zero attached hydrogens (tertiary/aromatic N) is 2. The largest absolute Gasteiger partial charge is 0.228 e. The predicted molar refractivity (Wildman–Crippen MR) is 37.6 cm³/mol. The summed E-state index contributed by atoms with van der Waals surface area (Å²) in [5, 5.41) is 15.1. The Morgan fingerprint density at radius 1 is 1.55 bits per heavy atom. The molecule has 0 radical (unpaired) electrons. The number of nitriles is 2. The monoisotopic (exact) mass is 173 g/mol. The van der Waals surface area contributed by atoms with Gasteiger partial charge in [-0.1, -0.05) is 0 Å². The van der Waals surface area contributed by atoms with E-state index in [0.717, 1.165) is 0 Å². The maximum Gasteiger partial charge on any atom is 0.228 e. The van der Waals surface area contributed by atoms with E-state index in [1.54, 1.807) is 12.1 Å². The highest BCUT2D eigenvalue weighted by Crippen LogP contribution is 1.94. The molecule has 0 aromatic heterocycles. The minimum Gasteiger partial charge on any atom is -0.211 e. The molecule has 1 N–H and O–H groups in total. The molecule has 0 aliphatic heterocycles. The average molecular weight is 173 g/mol. The van der Waals surface area contributed by atoms with Gasteiger partial charge in [0.05, 0.1) is 18.7 Å². The lowest BCUT2D eigenvalue weighted by Gasteiger charge is -2.02. The number of rotatable bonds is 3. The van der Waals surface area contributed by atoms with Crippen LogP contribution in [-0.2, 0) is 10.0 Å². The Morgan fingerprint density at radius 2 is 2.09 bits per heavy atom. The van der Waals surface area contributed by atoms with Gasteiger partial charge in [-0.25, -0.2) is 8.42 Å². The first-order valence-corrected chi connectivity index (χ1v) is 4.34. The molecule has 6 heteroatoms. The summed E-state index contributed by atoms with van der Waals surface area (Å²) in [6.07, 6.45) is 0. The van der Waals surface area contributed by atoms with Crippen LogP contribution in [0.4, 0.5) is 0 Å². The van der Waals surface area contributed by atoms with E-state index in [1.165, 1.54) is 6.92 Å². The molecule has 5 nitrogen and oxygen atoms in total. The molecule has 0 aromatic carbocycles. The van der Waals surface area contributed by atoms with Crippen molar-refractivity contribution < 1.29 is 8.42 Å². The van der Waals surface area contributed by atoms with E-state index in [0.29, 0.717) is 0 Å². The second kappa shape index (κ2) is 3.91. The summed E-state index contributed by atoms with van der Waals surface area (Å²) in [6.45, 7) is 0.952. The van der Waals surface area contributed by atoms with E-state index in [2.05, 4.69) is 0 Å². The van der Waals surface area contributed by atoms with Crippen LogP contribution < -0.4 is 4.72 Å². The second-order valence-electron chi connectivity index (χ2n) is 1.80. The van der Waals surface area contributed by atoms with Gasteiger partial charge in [-0.2, -0.15) is 15.2 Å². The van der Waals surface area contributed by atoms with Gasteiger partial charge in [0.1, 0.15) is 0 Å². The first-order chi connectivity index (χ1) is 5.04. The molecule has 0 rings (SSSR count). The van der Waals surface area contributed by atoms with E-state index < -0.39 is 15.3 Å². The lowest BCUT2D eigenvalue weighted by Crippen LogP contribution is -2.31. The lowest BCUT2D eigenvalue weighted by molar-refractivity contribution is 0.581. The fourth-order valence-corrected chi connectivity index (χ4v) is 0.982. The third-order valence-electron chi connectivity index (χ3n) is 1.000. The van der Waals surface area contributed by atoms with Gasteiger partial charge in [0.25, 0.3) is 0 Å². The molecule has 0 aliphatic carbocycles. The normalized spacial score (nSPS) is 13.0. The lowest BCUT2D eigenvalue weighted by atomic mass is 10.5. The van der Waals surface area contributed by atoms with Crippen LogP contribution >= 0.6 is 0 Å². The maximum absolute atomic E-state index is 10.8. The van der Waals surface area contributed by atoms with Crippen molar-refractivity contribution in [3.05, 3.63) is 0 Å². The van der Waals surface area contributed by atoms with Crippen LogP contribution in [0.1, 0.15) is 6.92 Å². The molecular weight excluding hydrogens is 166 g/mol. The zero-order chi connectivity index (χ0) is 8.91. The second-order valence-corrected chi connectivity index (χ2v) is 3.88. The summed E-state index contributed by atoms with van der Waals surface area (Å²) >= 11 is 0. The van der Waals surface area contributed by atoms with E-state index >= 15 is 0 Å². The average Bonchev–Trinajstić information content (AvgIpc) is 1.99. The molecule has 0 saturated carbocycles. The molecule has 0 aromatic rings. The first-order valence-electron chi connectivity index (χ1n) is 2.79. The predicted octanol–water partition coefficient (Wildman–Crippen LogP) is -0.659. The zero-order valence-corrected chi connectivity index (χ0v) is 6.72. The van der Waals surface area contributed by atoms with Gasteiger partial charge in [-0.3, -0.25) is 0 Å². The van der Waals surface area contributed by atoms with Crippen LogP contribution in [-0.4, -0.2) is 20.2 Å². The third-order valence-corrected chi connectivity index (χ3v) is 2.58. The van der Waals surface area contributed by atoms with Crippen molar-refractivity contribution in [1.29, 1.82) is 10.5 Å². The molecule has 0 aliphatic rings. The Kier molecular flexibility index (Phi) is 3.52. The Bertz CT molecular complexity index is 295. The van der Waals surface area contributed by atoms with Crippen molar-refractivity contribution in [2.45, 2.75) is 12.2 Å². The quantitative estimate of drug-likeness (QED) is 0.573. The summed E-state index contributed by atoms with van der Waals surface area (Å²) in [5.41, 5.74) is 0. The maximum atomic E-state index is 10.8. The molecule has 0 spiro atoms. The van der Waals surface area contributed by atoms with E-state index in [4.69, 9.17) is 10.5 Å². The Hall–Kier alpha value is -1.11. The highest BCUT2D eigenvalue weighted by Gasteiger charge is 2.18. The SMILES string of the molecule is CC(C#N)S(=O)(=O)NCC#N. The van der Waals surface area contributed by atoms with Gasteiger partial charge >= 0.3 is 0 Å². The standard InChI is InChI=1S/C5H7N3O2S/c1-5(4-7)11(9,10)8-3-2-6/h5,8H,3H2,1H3. The van der Waals surface area contributed by atoms with Gasteiger partial charge in [0, 0.05) is 0 Å². The van der Waals surface area contributed by atoms with Gasteiger partial charge in [0.15, 0.2) is 5.25 Å². The van der Waals surface area contributed by atoms with Crippen LogP contribution in [0.3, 0.4) is 0 Å². The number of nitrogens with one attached hydrogen (secondary N) is 1. The highest BCUT2D eigenvalue weighted by molar-refractivity contribution is 7.90. The van der Waals surface area contributed by atoms with Crippen LogP contribution in [0.5, 0.6) is 0 Å². The Balaban J connectivity index is 4.30. The van der Waals surface area contributed by atoms with Crippen LogP contribution in [0.15, 0.2) is 0 Å². The molecule has 1 atom stereocenters. The van der Waals surface area contributed by atoms with Gasteiger partial charge in [-0.15, -0.1) is 0 Å². The Labute approximate surface area is 65.3 Å². The molecule has 1 unspecified atom stereocenters. The van der Waals surface area contributed by atoms with Crippen molar-refractivity contribution >= 4 is 10.0 Å². The minimum atomic E-state index is -3.61. The van der Waals surface area contributed by atoms with Gasteiger partial charge in [0.2, 0.25) is 10.0 Å². The van der Waals surface area contributed by atoms with Gasteiger partial charge < -0.3 is 0 Å². The van der Waals surface area contributed by atoms with Crippen molar-refractivity contribution in [3.63, 3.8) is 0 Å². The van der Waals surface area contributed by atoms with Crippen LogP contribution in [0, 0.1) is 22.7 Å². The first kappa shape index (κ1) is 9.89. The van der Waals surface area contributed by atoms with Crippen molar-refractivity contribution in [2.24, 2.45) is 0 Å². The van der Waals surface area contributed by atoms with E-state index in [1.807, 2.05) is 4.72 Å². The third kappa shape index (κ3) is 2.99. The molecule has 0 heterocycles. The van der Waals surface area contributed by atoms with Crippen molar-refractivity contribution in [1.82, 2.24) is 4.72 Å². The molecule has 0 amide bonds. The number of hydrogen-bond donors (Lipinski definition) is 1. The summed E-state index contributed by atoms with van der Waals surface area (Å²) in [6, 6.07) is 3.16. The molecule has 0 saturated heterocycles. The van der Waals surface area contributed by atoms with E-state index in [9.17, 15) is 8.42 Å². The number of hydrogen-bond acceptors (Lipinski definition) is 4. The zero-order valence-electron chi connectivity index (χ0n) is 5.90. The summed E-state index contributed by atoms with van der Waals surface area (Å²) < 4.78 is 23.6. The fourth-order valence-electron chi connectivity index (χ4n) is 0.327. The van der Waals surface area contributed by atoms with Crippen molar-refractivity contribution in [3.8, 4) is 12.1 Å². The van der Waals surface area contributed by atoms with Crippen LogP contribution in [0.25, 0.3) is 0 Å². The van der Waals surface area contributed by atoms with Gasteiger partial charge in [-0.05, 0) is 6.92 Å². The topological polar surface area (TPSA) is 93.8 Å². The summed E-state index contributed by atoms with van der Waals surface area (Å²) in [4.78, 5) is 0. The molecule has 0 bridgehead atoms. The highest BCUT2D eigenvalue weighted by atomic mass is 32.2.